The molecule has 144 valence electrons. The molecule has 0 unspecified atom stereocenters. The first kappa shape index (κ1) is 19.6. The molecule has 0 aliphatic heterocycles. The standard InChI is InChI=1S/C21H20N2O4S/c1-13-7-8-14(2)23(13)20-18(9-10-28-20)21(26)27-12-19(25)22-17-6-4-5-16(11-17)15(3)24/h4-11H,12H2,1-3H3,(H,22,25). The van der Waals surface area contributed by atoms with Gasteiger partial charge < -0.3 is 14.6 Å². The smallest absolute Gasteiger partial charge is 0.341 e. The minimum atomic E-state index is -0.559. The highest BCUT2D eigenvalue weighted by atomic mass is 32.1. The lowest BCUT2D eigenvalue weighted by atomic mass is 10.1. The lowest BCUT2D eigenvalue weighted by Gasteiger charge is -2.10. The van der Waals surface area contributed by atoms with E-state index in [0.717, 1.165) is 16.4 Å². The van der Waals surface area contributed by atoms with Crippen LogP contribution in [0.2, 0.25) is 0 Å². The predicted octanol–water partition coefficient (Wildman–Crippen LogP) is 4.15. The number of nitrogens with zero attached hydrogens (tertiary/aromatic N) is 1. The maximum absolute atomic E-state index is 12.5. The van der Waals surface area contributed by atoms with Crippen LogP contribution in [-0.2, 0) is 9.53 Å². The average Bonchev–Trinajstić information content (AvgIpc) is 3.26. The number of nitrogens with one attached hydrogen (secondary N) is 1. The zero-order valence-electron chi connectivity index (χ0n) is 15.8. The third kappa shape index (κ3) is 4.20. The van der Waals surface area contributed by atoms with E-state index >= 15 is 0 Å². The first-order chi connectivity index (χ1) is 13.4. The summed E-state index contributed by atoms with van der Waals surface area (Å²) < 4.78 is 7.17. The second kappa shape index (κ2) is 8.22. The molecule has 0 radical (unpaired) electrons. The van der Waals surface area contributed by atoms with Crippen LogP contribution in [-0.4, -0.2) is 28.8 Å². The summed E-state index contributed by atoms with van der Waals surface area (Å²) in [6.07, 6.45) is 0. The van der Waals surface area contributed by atoms with E-state index in [9.17, 15) is 14.4 Å². The van der Waals surface area contributed by atoms with Crippen molar-refractivity contribution in [2.45, 2.75) is 20.8 Å². The molecule has 7 heteroatoms. The van der Waals surface area contributed by atoms with Gasteiger partial charge >= 0.3 is 5.97 Å². The number of esters is 1. The summed E-state index contributed by atoms with van der Waals surface area (Å²) in [5.41, 5.74) is 3.41. The number of carbonyl (C=O) groups is 3. The third-order valence-corrected chi connectivity index (χ3v) is 5.12. The Morgan fingerprint density at radius 3 is 2.46 bits per heavy atom. The molecular formula is C21H20N2O4S. The van der Waals surface area contributed by atoms with E-state index in [1.165, 1.54) is 18.3 Å². The first-order valence-corrected chi connectivity index (χ1v) is 9.55. The van der Waals surface area contributed by atoms with Gasteiger partial charge in [-0.1, -0.05) is 12.1 Å². The van der Waals surface area contributed by atoms with Gasteiger partial charge in [-0.15, -0.1) is 11.3 Å². The van der Waals surface area contributed by atoms with Crippen LogP contribution in [0, 0.1) is 13.8 Å². The monoisotopic (exact) mass is 396 g/mol. The highest BCUT2D eigenvalue weighted by Crippen LogP contribution is 2.26. The van der Waals surface area contributed by atoms with Gasteiger partial charge in [-0.3, -0.25) is 9.59 Å². The number of ether oxygens (including phenoxy) is 1. The quantitative estimate of drug-likeness (QED) is 0.501. The number of rotatable bonds is 6. The van der Waals surface area contributed by atoms with E-state index in [1.54, 1.807) is 30.3 Å². The van der Waals surface area contributed by atoms with Crippen LogP contribution >= 0.6 is 11.3 Å². The van der Waals surface area contributed by atoms with Gasteiger partial charge in [-0.2, -0.15) is 0 Å². The molecule has 3 rings (SSSR count). The van der Waals surface area contributed by atoms with Crippen molar-refractivity contribution in [3.63, 3.8) is 0 Å². The Kier molecular flexibility index (Phi) is 5.75. The van der Waals surface area contributed by atoms with Gasteiger partial charge in [-0.05, 0) is 56.5 Å². The molecule has 1 aromatic carbocycles. The predicted molar refractivity (Wildman–Crippen MR) is 108 cm³/mol. The Morgan fingerprint density at radius 2 is 1.79 bits per heavy atom. The van der Waals surface area contributed by atoms with Crippen molar-refractivity contribution in [1.82, 2.24) is 4.57 Å². The third-order valence-electron chi connectivity index (χ3n) is 4.23. The Labute approximate surface area is 166 Å². The molecule has 0 saturated carbocycles. The summed E-state index contributed by atoms with van der Waals surface area (Å²) in [4.78, 5) is 36.0. The minimum absolute atomic E-state index is 0.0943. The summed E-state index contributed by atoms with van der Waals surface area (Å²) in [6, 6.07) is 12.2. The van der Waals surface area contributed by atoms with Gasteiger partial charge in [-0.25, -0.2) is 4.79 Å². The highest BCUT2D eigenvalue weighted by Gasteiger charge is 2.19. The second-order valence-electron chi connectivity index (χ2n) is 6.35. The van der Waals surface area contributed by atoms with E-state index in [-0.39, 0.29) is 5.78 Å². The minimum Gasteiger partial charge on any atom is -0.452 e. The van der Waals surface area contributed by atoms with E-state index in [0.29, 0.717) is 16.8 Å². The molecule has 1 amide bonds. The van der Waals surface area contributed by atoms with Crippen LogP contribution in [0.5, 0.6) is 0 Å². The molecule has 0 spiro atoms. The number of Topliss-reactive ketones (excluding diaryl/α,β-unsaturated/α-hetero) is 1. The number of amides is 1. The van der Waals surface area contributed by atoms with E-state index < -0.39 is 18.5 Å². The normalized spacial score (nSPS) is 10.5. The Balaban J connectivity index is 1.65. The molecule has 2 heterocycles. The topological polar surface area (TPSA) is 77.4 Å². The molecule has 3 aromatic rings. The van der Waals surface area contributed by atoms with Gasteiger partial charge in [0.25, 0.3) is 5.91 Å². The molecule has 6 nitrogen and oxygen atoms in total. The fraction of sp³-hybridized carbons (Fsp3) is 0.190. The summed E-state index contributed by atoms with van der Waals surface area (Å²) in [6.45, 7) is 4.96. The lowest BCUT2D eigenvalue weighted by Crippen LogP contribution is -2.21. The second-order valence-corrected chi connectivity index (χ2v) is 7.25. The highest BCUT2D eigenvalue weighted by molar-refractivity contribution is 7.13. The van der Waals surface area contributed by atoms with Gasteiger partial charge in [0.15, 0.2) is 12.4 Å². The van der Waals surface area contributed by atoms with Gasteiger partial charge in [0.1, 0.15) is 5.00 Å². The summed E-state index contributed by atoms with van der Waals surface area (Å²) in [7, 11) is 0. The fourth-order valence-corrected chi connectivity index (χ4v) is 3.85. The summed E-state index contributed by atoms with van der Waals surface area (Å²) >= 11 is 1.43. The summed E-state index contributed by atoms with van der Waals surface area (Å²) in [5, 5.41) is 5.21. The number of hydrogen-bond acceptors (Lipinski definition) is 5. The van der Waals surface area contributed by atoms with E-state index in [2.05, 4.69) is 5.32 Å². The van der Waals surface area contributed by atoms with Crippen molar-refractivity contribution in [2.75, 3.05) is 11.9 Å². The molecular weight excluding hydrogens is 376 g/mol. The number of thiophene rings is 1. The number of carbonyl (C=O) groups excluding carboxylic acids is 3. The largest absolute Gasteiger partial charge is 0.452 e. The van der Waals surface area contributed by atoms with Crippen LogP contribution in [0.4, 0.5) is 5.69 Å². The van der Waals surface area contributed by atoms with E-state index in [4.69, 9.17) is 4.74 Å². The SMILES string of the molecule is CC(=O)c1cccc(NC(=O)COC(=O)c2ccsc2-n2c(C)ccc2C)c1. The van der Waals surface area contributed by atoms with Crippen LogP contribution in [0.3, 0.4) is 0 Å². The van der Waals surface area contributed by atoms with Crippen molar-refractivity contribution < 1.29 is 19.1 Å². The van der Waals surface area contributed by atoms with Gasteiger partial charge in [0.2, 0.25) is 0 Å². The van der Waals surface area contributed by atoms with Crippen LogP contribution < -0.4 is 5.32 Å². The average molecular weight is 396 g/mol. The summed E-state index contributed by atoms with van der Waals surface area (Å²) in [5.74, 6) is -1.13. The maximum atomic E-state index is 12.5. The zero-order chi connectivity index (χ0) is 20.3. The number of anilines is 1. The lowest BCUT2D eigenvalue weighted by molar-refractivity contribution is -0.119. The molecule has 2 aromatic heterocycles. The molecule has 0 bridgehead atoms. The number of benzene rings is 1. The van der Waals surface area contributed by atoms with Crippen LogP contribution in [0.15, 0.2) is 47.8 Å². The maximum Gasteiger partial charge on any atom is 0.341 e. The van der Waals surface area contributed by atoms with E-state index in [1.807, 2.05) is 35.9 Å². The van der Waals surface area contributed by atoms with Gasteiger partial charge in [0.05, 0.1) is 5.56 Å². The molecule has 1 N–H and O–H groups in total. The molecule has 0 aliphatic carbocycles. The van der Waals surface area contributed by atoms with Gasteiger partial charge in [0, 0.05) is 22.6 Å². The Hall–Kier alpha value is -3.19. The molecule has 0 aliphatic rings. The number of aryl methyl sites for hydroxylation is 2. The van der Waals surface area contributed by atoms with Crippen molar-refractivity contribution in [2.24, 2.45) is 0 Å². The number of ketones is 1. The van der Waals surface area contributed by atoms with Crippen molar-refractivity contribution >= 4 is 34.7 Å². The Bertz CT molecular complexity index is 1030. The van der Waals surface area contributed by atoms with Crippen molar-refractivity contribution in [3.8, 4) is 5.00 Å². The first-order valence-electron chi connectivity index (χ1n) is 8.67. The van der Waals surface area contributed by atoms with Crippen molar-refractivity contribution in [3.05, 3.63) is 70.4 Å². The molecule has 0 atom stereocenters. The van der Waals surface area contributed by atoms with Crippen LogP contribution in [0.25, 0.3) is 5.00 Å². The van der Waals surface area contributed by atoms with Crippen molar-refractivity contribution in [1.29, 1.82) is 0 Å². The zero-order valence-corrected chi connectivity index (χ0v) is 16.6. The Morgan fingerprint density at radius 1 is 1.07 bits per heavy atom. The number of hydrogen-bond donors (Lipinski definition) is 1. The molecule has 0 fully saturated rings. The fourth-order valence-electron chi connectivity index (χ4n) is 2.84. The molecule has 0 saturated heterocycles. The molecule has 28 heavy (non-hydrogen) atoms. The van der Waals surface area contributed by atoms with Crippen LogP contribution in [0.1, 0.15) is 39.0 Å². The number of aromatic nitrogens is 1.